The minimum atomic E-state index is 0.338. The van der Waals surface area contributed by atoms with Crippen LogP contribution in [0.1, 0.15) is 12.7 Å². The average molecular weight is 296 g/mol. The van der Waals surface area contributed by atoms with Crippen LogP contribution in [0.2, 0.25) is 0 Å². The molecule has 0 aliphatic heterocycles. The maximum atomic E-state index is 5.23. The Bertz CT molecular complexity index is 481. The number of nitrogens with one attached hydrogen (secondary N) is 1. The van der Waals surface area contributed by atoms with Gasteiger partial charge in [0.2, 0.25) is 0 Å². The average Bonchev–Trinajstić information content (AvgIpc) is 2.78. The number of hydrogen-bond donors (Lipinski definition) is 1. The molecule has 0 amide bonds. The largest absolute Gasteiger partial charge is 0.334 e. The highest BCUT2D eigenvalue weighted by atomic mass is 79.9. The fourth-order valence-electron chi connectivity index (χ4n) is 1.42. The number of aromatic nitrogens is 2. The lowest BCUT2D eigenvalue weighted by Gasteiger charge is -2.04. The molecule has 2 aromatic rings. The van der Waals surface area contributed by atoms with Crippen LogP contribution in [0.5, 0.6) is 0 Å². The summed E-state index contributed by atoms with van der Waals surface area (Å²) in [4.78, 5) is 4.37. The van der Waals surface area contributed by atoms with Crippen molar-refractivity contribution in [1.82, 2.24) is 15.5 Å². The monoisotopic (exact) mass is 295 g/mol. The van der Waals surface area contributed by atoms with Crippen LogP contribution in [0.25, 0.3) is 11.5 Å². The molecule has 1 unspecified atom stereocenters. The number of likely N-dealkylation sites (N-methyl/N-ethyl adjacent to an activating group) is 1. The number of benzene rings is 1. The molecular weight excluding hydrogens is 282 g/mol. The highest BCUT2D eigenvalue weighted by Gasteiger charge is 2.10. The van der Waals surface area contributed by atoms with Gasteiger partial charge in [0.1, 0.15) is 0 Å². The predicted octanol–water partition coefficient (Wildman–Crippen LogP) is 2.65. The zero-order valence-corrected chi connectivity index (χ0v) is 11.4. The second kappa shape index (κ2) is 5.42. The van der Waals surface area contributed by atoms with Gasteiger partial charge in [-0.3, -0.25) is 0 Å². The maximum Gasteiger partial charge on any atom is 0.257 e. The van der Waals surface area contributed by atoms with E-state index in [-0.39, 0.29) is 0 Å². The molecule has 1 aromatic heterocycles. The van der Waals surface area contributed by atoms with Crippen LogP contribution in [-0.4, -0.2) is 23.2 Å². The summed E-state index contributed by atoms with van der Waals surface area (Å²) in [5.74, 6) is 1.29. The summed E-state index contributed by atoms with van der Waals surface area (Å²) in [6.07, 6.45) is 0.760. The third-order valence-corrected chi connectivity index (χ3v) is 3.07. The second-order valence-electron chi connectivity index (χ2n) is 3.92. The summed E-state index contributed by atoms with van der Waals surface area (Å²) in [5.41, 5.74) is 0.934. The third-order valence-electron chi connectivity index (χ3n) is 2.54. The summed E-state index contributed by atoms with van der Waals surface area (Å²) in [5, 5.41) is 7.11. The quantitative estimate of drug-likeness (QED) is 0.942. The summed E-state index contributed by atoms with van der Waals surface area (Å²) in [7, 11) is 1.92. The first-order valence-electron chi connectivity index (χ1n) is 5.45. The normalized spacial score (nSPS) is 12.6. The summed E-state index contributed by atoms with van der Waals surface area (Å²) < 4.78 is 6.26. The fourth-order valence-corrected chi connectivity index (χ4v) is 1.69. The number of hydrogen-bond acceptors (Lipinski definition) is 4. The topological polar surface area (TPSA) is 51.0 Å². The van der Waals surface area contributed by atoms with Crippen molar-refractivity contribution < 1.29 is 4.52 Å². The summed E-state index contributed by atoms with van der Waals surface area (Å²) in [6.45, 7) is 2.08. The molecule has 0 aliphatic carbocycles. The first-order chi connectivity index (χ1) is 8.19. The molecule has 5 heteroatoms. The number of nitrogens with zero attached hydrogens (tertiary/aromatic N) is 2. The standard InChI is InChI=1S/C12H14BrN3O/c1-8(14-2)7-11-15-12(17-16-11)9-3-5-10(13)6-4-9/h3-6,8,14H,7H2,1-2H3. The molecule has 4 nitrogen and oxygen atoms in total. The number of halogens is 1. The molecule has 1 aromatic carbocycles. The SMILES string of the molecule is CNC(C)Cc1noc(-c2ccc(Br)cc2)n1. The van der Waals surface area contributed by atoms with E-state index in [4.69, 9.17) is 4.52 Å². The van der Waals surface area contributed by atoms with Crippen LogP contribution >= 0.6 is 15.9 Å². The van der Waals surface area contributed by atoms with E-state index < -0.39 is 0 Å². The molecule has 0 bridgehead atoms. The minimum absolute atomic E-state index is 0.338. The van der Waals surface area contributed by atoms with Crippen molar-refractivity contribution in [2.75, 3.05) is 7.05 Å². The Hall–Kier alpha value is -1.20. The van der Waals surface area contributed by atoms with Crippen molar-refractivity contribution in [3.63, 3.8) is 0 Å². The van der Waals surface area contributed by atoms with Crippen LogP contribution < -0.4 is 5.32 Å². The van der Waals surface area contributed by atoms with Crippen molar-refractivity contribution in [1.29, 1.82) is 0 Å². The Kier molecular flexibility index (Phi) is 3.91. The van der Waals surface area contributed by atoms with E-state index in [2.05, 4.69) is 38.3 Å². The van der Waals surface area contributed by atoms with Crippen molar-refractivity contribution in [2.24, 2.45) is 0 Å². The third kappa shape index (κ3) is 3.14. The minimum Gasteiger partial charge on any atom is -0.334 e. The highest BCUT2D eigenvalue weighted by Crippen LogP contribution is 2.20. The van der Waals surface area contributed by atoms with Crippen molar-refractivity contribution in [3.8, 4) is 11.5 Å². The zero-order chi connectivity index (χ0) is 12.3. The van der Waals surface area contributed by atoms with Crippen molar-refractivity contribution in [3.05, 3.63) is 34.6 Å². The van der Waals surface area contributed by atoms with E-state index in [1.165, 1.54) is 0 Å². The van der Waals surface area contributed by atoms with E-state index in [0.29, 0.717) is 11.9 Å². The van der Waals surface area contributed by atoms with E-state index >= 15 is 0 Å². The first-order valence-corrected chi connectivity index (χ1v) is 6.24. The zero-order valence-electron chi connectivity index (χ0n) is 9.77. The van der Waals surface area contributed by atoms with E-state index in [1.54, 1.807) is 0 Å². The van der Waals surface area contributed by atoms with E-state index in [1.807, 2.05) is 31.3 Å². The molecule has 0 saturated carbocycles. The molecule has 0 aliphatic rings. The van der Waals surface area contributed by atoms with Gasteiger partial charge in [-0.05, 0) is 38.2 Å². The highest BCUT2D eigenvalue weighted by molar-refractivity contribution is 9.10. The van der Waals surface area contributed by atoms with Crippen molar-refractivity contribution >= 4 is 15.9 Å². The molecule has 1 atom stereocenters. The lowest BCUT2D eigenvalue weighted by molar-refractivity contribution is 0.418. The van der Waals surface area contributed by atoms with Gasteiger partial charge in [-0.15, -0.1) is 0 Å². The molecule has 0 spiro atoms. The van der Waals surface area contributed by atoms with Gasteiger partial charge < -0.3 is 9.84 Å². The fraction of sp³-hybridized carbons (Fsp3) is 0.333. The van der Waals surface area contributed by atoms with Gasteiger partial charge in [0, 0.05) is 22.5 Å². The number of rotatable bonds is 4. The smallest absolute Gasteiger partial charge is 0.257 e. The van der Waals surface area contributed by atoms with E-state index in [9.17, 15) is 0 Å². The Morgan fingerprint density at radius 3 is 2.71 bits per heavy atom. The molecular formula is C12H14BrN3O. The van der Waals surface area contributed by atoms with Crippen LogP contribution in [0, 0.1) is 0 Å². The second-order valence-corrected chi connectivity index (χ2v) is 4.83. The molecule has 2 rings (SSSR count). The van der Waals surface area contributed by atoms with Crippen LogP contribution in [0.4, 0.5) is 0 Å². The van der Waals surface area contributed by atoms with Gasteiger partial charge >= 0.3 is 0 Å². The maximum absolute atomic E-state index is 5.23. The van der Waals surface area contributed by atoms with E-state index in [0.717, 1.165) is 22.3 Å². The predicted molar refractivity (Wildman–Crippen MR) is 69.7 cm³/mol. The van der Waals surface area contributed by atoms with Gasteiger partial charge in [-0.1, -0.05) is 21.1 Å². The van der Waals surface area contributed by atoms with Gasteiger partial charge in [0.05, 0.1) is 0 Å². The Labute approximate surface area is 109 Å². The molecule has 17 heavy (non-hydrogen) atoms. The molecule has 1 N–H and O–H groups in total. The van der Waals surface area contributed by atoms with Gasteiger partial charge in [0.15, 0.2) is 5.82 Å². The van der Waals surface area contributed by atoms with Gasteiger partial charge in [-0.2, -0.15) is 4.98 Å². The Balaban J connectivity index is 2.15. The molecule has 0 radical (unpaired) electrons. The van der Waals surface area contributed by atoms with Crippen LogP contribution in [0.3, 0.4) is 0 Å². The lowest BCUT2D eigenvalue weighted by atomic mass is 10.2. The lowest BCUT2D eigenvalue weighted by Crippen LogP contribution is -2.24. The van der Waals surface area contributed by atoms with Crippen LogP contribution in [-0.2, 0) is 6.42 Å². The van der Waals surface area contributed by atoms with Gasteiger partial charge in [-0.25, -0.2) is 0 Å². The molecule has 0 fully saturated rings. The Morgan fingerprint density at radius 1 is 1.35 bits per heavy atom. The van der Waals surface area contributed by atoms with Crippen LogP contribution in [0.15, 0.2) is 33.3 Å². The molecule has 1 heterocycles. The summed E-state index contributed by atoms with van der Waals surface area (Å²) >= 11 is 3.39. The molecule has 90 valence electrons. The Morgan fingerprint density at radius 2 is 2.06 bits per heavy atom. The van der Waals surface area contributed by atoms with Gasteiger partial charge in [0.25, 0.3) is 5.89 Å². The first kappa shape index (κ1) is 12.3. The van der Waals surface area contributed by atoms with Crippen molar-refractivity contribution in [2.45, 2.75) is 19.4 Å². The molecule has 0 saturated heterocycles. The summed E-state index contributed by atoms with van der Waals surface area (Å²) in [6, 6.07) is 8.14.